The maximum atomic E-state index is 9.34. The third-order valence-corrected chi connectivity index (χ3v) is 4.31. The Hall–Kier alpha value is -2.04. The van der Waals surface area contributed by atoms with Crippen LogP contribution in [0.4, 0.5) is 0 Å². The fraction of sp³-hybridized carbons (Fsp3) is 0.368. The van der Waals surface area contributed by atoms with E-state index in [1.807, 2.05) is 30.3 Å². The van der Waals surface area contributed by atoms with E-state index >= 15 is 0 Å². The van der Waals surface area contributed by atoms with Gasteiger partial charge in [0.1, 0.15) is 0 Å². The number of rotatable bonds is 7. The summed E-state index contributed by atoms with van der Waals surface area (Å²) in [4.78, 5) is 0. The monoisotopic (exact) mass is 313 g/mol. The number of nitrogens with one attached hydrogen (secondary N) is 1. The minimum Gasteiger partial charge on any atom is -0.454 e. The molecule has 0 saturated heterocycles. The highest BCUT2D eigenvalue weighted by Crippen LogP contribution is 2.38. The Kier molecular flexibility index (Phi) is 5.16. The molecule has 0 bridgehead atoms. The average molecular weight is 313 g/mol. The molecule has 4 heteroatoms. The number of benzene rings is 2. The normalized spacial score (nSPS) is 15.4. The molecule has 1 heterocycles. The molecule has 2 unspecified atom stereocenters. The molecule has 3 rings (SSSR count). The average Bonchev–Trinajstić information content (AvgIpc) is 3.07. The molecule has 4 nitrogen and oxygen atoms in total. The van der Waals surface area contributed by atoms with Crippen molar-refractivity contribution in [1.29, 1.82) is 0 Å². The van der Waals surface area contributed by atoms with Crippen molar-refractivity contribution in [1.82, 2.24) is 5.32 Å². The van der Waals surface area contributed by atoms with Gasteiger partial charge in [0.05, 0.1) is 0 Å². The van der Waals surface area contributed by atoms with Crippen molar-refractivity contribution in [2.45, 2.75) is 25.3 Å². The minimum atomic E-state index is 0.150. The number of aliphatic hydroxyl groups is 1. The van der Waals surface area contributed by atoms with Crippen molar-refractivity contribution >= 4 is 0 Å². The maximum Gasteiger partial charge on any atom is 0.231 e. The predicted molar refractivity (Wildman–Crippen MR) is 89.9 cm³/mol. The molecule has 0 aliphatic carbocycles. The summed E-state index contributed by atoms with van der Waals surface area (Å²) < 4.78 is 11.0. The number of hydrogen-bond donors (Lipinski definition) is 2. The van der Waals surface area contributed by atoms with Gasteiger partial charge in [-0.25, -0.2) is 0 Å². The van der Waals surface area contributed by atoms with E-state index in [0.717, 1.165) is 30.0 Å². The fourth-order valence-corrected chi connectivity index (χ4v) is 2.99. The summed E-state index contributed by atoms with van der Waals surface area (Å²) in [5, 5.41) is 12.9. The van der Waals surface area contributed by atoms with Crippen LogP contribution in [0.15, 0.2) is 48.5 Å². The summed E-state index contributed by atoms with van der Waals surface area (Å²) in [5.41, 5.74) is 2.36. The zero-order chi connectivity index (χ0) is 16.1. The Morgan fingerprint density at radius 3 is 2.70 bits per heavy atom. The number of aliphatic hydroxyl groups excluding tert-OH is 1. The molecule has 0 amide bonds. The van der Waals surface area contributed by atoms with E-state index in [1.54, 1.807) is 0 Å². The van der Waals surface area contributed by atoms with Crippen molar-refractivity contribution in [3.05, 3.63) is 59.7 Å². The molecular weight excluding hydrogens is 290 g/mol. The number of para-hydroxylation sites is 1. The number of hydrogen-bond acceptors (Lipinski definition) is 4. The Balaban J connectivity index is 1.68. The molecule has 0 saturated carbocycles. The van der Waals surface area contributed by atoms with Crippen molar-refractivity contribution in [3.8, 4) is 11.5 Å². The Morgan fingerprint density at radius 1 is 1.09 bits per heavy atom. The topological polar surface area (TPSA) is 50.7 Å². The van der Waals surface area contributed by atoms with E-state index in [0.29, 0.717) is 0 Å². The lowest BCUT2D eigenvalue weighted by molar-refractivity contribution is 0.172. The number of fused-ring (bicyclic) bond motifs is 1. The first kappa shape index (κ1) is 15.8. The smallest absolute Gasteiger partial charge is 0.231 e. The lowest BCUT2D eigenvalue weighted by atomic mass is 9.95. The molecule has 2 aromatic carbocycles. The van der Waals surface area contributed by atoms with Gasteiger partial charge in [0.2, 0.25) is 6.79 Å². The molecule has 1 aliphatic rings. The van der Waals surface area contributed by atoms with Crippen LogP contribution in [0.1, 0.15) is 36.4 Å². The molecule has 2 N–H and O–H groups in total. The highest BCUT2D eigenvalue weighted by Gasteiger charge is 2.21. The van der Waals surface area contributed by atoms with E-state index in [2.05, 4.69) is 30.4 Å². The molecule has 0 radical (unpaired) electrons. The van der Waals surface area contributed by atoms with E-state index < -0.39 is 0 Å². The van der Waals surface area contributed by atoms with Crippen molar-refractivity contribution < 1.29 is 14.6 Å². The van der Waals surface area contributed by atoms with Gasteiger partial charge in [-0.15, -0.1) is 0 Å². The molecule has 0 spiro atoms. The van der Waals surface area contributed by atoms with E-state index in [4.69, 9.17) is 9.47 Å². The van der Waals surface area contributed by atoms with Gasteiger partial charge in [-0.05, 0) is 30.9 Å². The van der Waals surface area contributed by atoms with E-state index in [1.165, 1.54) is 5.56 Å². The van der Waals surface area contributed by atoms with E-state index in [9.17, 15) is 5.11 Å². The quantitative estimate of drug-likeness (QED) is 0.824. The summed E-state index contributed by atoms with van der Waals surface area (Å²) in [6, 6.07) is 16.5. The van der Waals surface area contributed by atoms with Crippen molar-refractivity contribution in [2.75, 3.05) is 19.9 Å². The Bertz CT molecular complexity index is 630. The molecule has 0 aromatic heterocycles. The molecule has 23 heavy (non-hydrogen) atoms. The lowest BCUT2D eigenvalue weighted by Gasteiger charge is -2.21. The van der Waals surface area contributed by atoms with Crippen LogP contribution < -0.4 is 14.8 Å². The first-order valence-corrected chi connectivity index (χ1v) is 8.07. The zero-order valence-corrected chi connectivity index (χ0v) is 13.4. The van der Waals surface area contributed by atoms with Gasteiger partial charge in [0.25, 0.3) is 0 Å². The van der Waals surface area contributed by atoms with Crippen LogP contribution in [0.25, 0.3) is 0 Å². The van der Waals surface area contributed by atoms with Crippen LogP contribution in [0.5, 0.6) is 11.5 Å². The van der Waals surface area contributed by atoms with Crippen LogP contribution in [0, 0.1) is 0 Å². The van der Waals surface area contributed by atoms with Crippen LogP contribution in [-0.4, -0.2) is 25.1 Å². The summed E-state index contributed by atoms with van der Waals surface area (Å²) in [6.45, 7) is 3.40. The molecule has 0 fully saturated rings. The summed E-state index contributed by atoms with van der Waals surface area (Å²) in [7, 11) is 0. The Labute approximate surface area is 137 Å². The van der Waals surface area contributed by atoms with Gasteiger partial charge >= 0.3 is 0 Å². The van der Waals surface area contributed by atoms with Crippen LogP contribution in [-0.2, 0) is 0 Å². The van der Waals surface area contributed by atoms with Crippen LogP contribution in [0.3, 0.4) is 0 Å². The van der Waals surface area contributed by atoms with Crippen LogP contribution in [0.2, 0.25) is 0 Å². The maximum absolute atomic E-state index is 9.34. The standard InChI is InChI=1S/C19H23NO3/c1-14(17-8-5-9-18-19(17)23-13-22-18)20-12-16(10-11-21)15-6-3-2-4-7-15/h2-9,14,16,20-21H,10-13H2,1H3. The number of ether oxygens (including phenoxy) is 2. The zero-order valence-electron chi connectivity index (χ0n) is 13.4. The SMILES string of the molecule is CC(NCC(CCO)c1ccccc1)c1cccc2c1OCO2. The molecule has 122 valence electrons. The first-order valence-electron chi connectivity index (χ1n) is 8.07. The molecule has 2 aromatic rings. The predicted octanol–water partition coefficient (Wildman–Crippen LogP) is 3.23. The second kappa shape index (κ2) is 7.49. The second-order valence-corrected chi connectivity index (χ2v) is 5.83. The van der Waals surface area contributed by atoms with Gasteiger partial charge in [-0.2, -0.15) is 0 Å². The fourth-order valence-electron chi connectivity index (χ4n) is 2.99. The van der Waals surface area contributed by atoms with Crippen LogP contribution >= 0.6 is 0 Å². The Morgan fingerprint density at radius 2 is 1.91 bits per heavy atom. The highest BCUT2D eigenvalue weighted by atomic mass is 16.7. The molecular formula is C19H23NO3. The lowest BCUT2D eigenvalue weighted by Crippen LogP contribution is -2.25. The van der Waals surface area contributed by atoms with Gasteiger partial charge in [-0.1, -0.05) is 42.5 Å². The first-order chi connectivity index (χ1) is 11.3. The summed E-state index contributed by atoms with van der Waals surface area (Å²) >= 11 is 0. The van der Waals surface area contributed by atoms with E-state index in [-0.39, 0.29) is 25.4 Å². The van der Waals surface area contributed by atoms with Crippen molar-refractivity contribution in [3.63, 3.8) is 0 Å². The summed E-state index contributed by atoms with van der Waals surface area (Å²) in [5.74, 6) is 1.94. The largest absolute Gasteiger partial charge is 0.454 e. The van der Waals surface area contributed by atoms with Crippen molar-refractivity contribution in [2.24, 2.45) is 0 Å². The highest BCUT2D eigenvalue weighted by molar-refractivity contribution is 5.49. The molecule has 2 atom stereocenters. The third kappa shape index (κ3) is 3.66. The minimum absolute atomic E-state index is 0.150. The van der Waals surface area contributed by atoms with Gasteiger partial charge in [0, 0.05) is 24.8 Å². The third-order valence-electron chi connectivity index (χ3n) is 4.31. The van der Waals surface area contributed by atoms with Gasteiger partial charge in [0.15, 0.2) is 11.5 Å². The second-order valence-electron chi connectivity index (χ2n) is 5.83. The summed E-state index contributed by atoms with van der Waals surface area (Å²) in [6.07, 6.45) is 0.746. The molecule has 1 aliphatic heterocycles. The van der Waals surface area contributed by atoms with Gasteiger partial charge in [-0.3, -0.25) is 0 Å². The van der Waals surface area contributed by atoms with Gasteiger partial charge < -0.3 is 19.9 Å².